The summed E-state index contributed by atoms with van der Waals surface area (Å²) in [5.41, 5.74) is -0.941. The molecule has 0 aromatic carbocycles. The zero-order valence-electron chi connectivity index (χ0n) is 11.1. The fourth-order valence-corrected chi connectivity index (χ4v) is 2.39. The van der Waals surface area contributed by atoms with E-state index in [2.05, 4.69) is 15.3 Å². The summed E-state index contributed by atoms with van der Waals surface area (Å²) in [5.74, 6) is -0.0655. The minimum absolute atomic E-state index is 0.315. The molecule has 6 heteroatoms. The Morgan fingerprint density at radius 1 is 1.47 bits per heavy atom. The van der Waals surface area contributed by atoms with E-state index < -0.39 is 11.5 Å². The van der Waals surface area contributed by atoms with Crippen LogP contribution in [0.2, 0.25) is 0 Å². The lowest BCUT2D eigenvalue weighted by Gasteiger charge is -2.33. The van der Waals surface area contributed by atoms with E-state index in [1.807, 2.05) is 6.92 Å². The quantitative estimate of drug-likeness (QED) is 0.848. The molecular weight excluding hydrogens is 246 g/mol. The molecule has 1 aromatic heterocycles. The van der Waals surface area contributed by atoms with Crippen molar-refractivity contribution in [3.8, 4) is 5.88 Å². The third-order valence-electron chi connectivity index (χ3n) is 3.39. The van der Waals surface area contributed by atoms with Gasteiger partial charge in [0.15, 0.2) is 0 Å². The van der Waals surface area contributed by atoms with Gasteiger partial charge in [-0.1, -0.05) is 19.3 Å². The molecule has 0 unspecified atom stereocenters. The van der Waals surface area contributed by atoms with E-state index >= 15 is 0 Å². The molecule has 1 saturated carbocycles. The highest BCUT2D eigenvalue weighted by Crippen LogP contribution is 2.31. The van der Waals surface area contributed by atoms with Crippen LogP contribution >= 0.6 is 0 Å². The van der Waals surface area contributed by atoms with E-state index in [4.69, 9.17) is 4.74 Å². The number of ether oxygens (including phenoxy) is 1. The highest BCUT2D eigenvalue weighted by Gasteiger charge is 2.40. The number of nitrogens with zero attached hydrogens (tertiary/aromatic N) is 2. The van der Waals surface area contributed by atoms with Gasteiger partial charge in [0.1, 0.15) is 5.54 Å². The number of carbonyl (C=O) groups is 1. The molecule has 104 valence electrons. The minimum Gasteiger partial charge on any atom is -0.480 e. The van der Waals surface area contributed by atoms with Gasteiger partial charge in [0.25, 0.3) is 0 Å². The maximum absolute atomic E-state index is 11.5. The molecule has 1 fully saturated rings. The first-order valence-corrected chi connectivity index (χ1v) is 6.64. The molecule has 19 heavy (non-hydrogen) atoms. The molecule has 0 amide bonds. The van der Waals surface area contributed by atoms with Gasteiger partial charge in [-0.3, -0.25) is 0 Å². The number of aromatic nitrogens is 2. The monoisotopic (exact) mass is 265 g/mol. The van der Waals surface area contributed by atoms with Crippen molar-refractivity contribution in [2.45, 2.75) is 44.6 Å². The molecule has 0 spiro atoms. The smallest absolute Gasteiger partial charge is 0.329 e. The maximum Gasteiger partial charge on any atom is 0.329 e. The molecule has 1 aliphatic carbocycles. The number of hydrogen-bond donors (Lipinski definition) is 2. The Labute approximate surface area is 112 Å². The van der Waals surface area contributed by atoms with E-state index in [1.165, 1.54) is 0 Å². The van der Waals surface area contributed by atoms with Crippen LogP contribution in [0.4, 0.5) is 5.95 Å². The average molecular weight is 265 g/mol. The topological polar surface area (TPSA) is 84.3 Å². The van der Waals surface area contributed by atoms with Crippen LogP contribution in [-0.2, 0) is 4.79 Å². The van der Waals surface area contributed by atoms with E-state index in [1.54, 1.807) is 12.3 Å². The second-order valence-electron chi connectivity index (χ2n) is 4.72. The highest BCUT2D eigenvalue weighted by molar-refractivity contribution is 5.82. The van der Waals surface area contributed by atoms with Crippen LogP contribution in [0.5, 0.6) is 5.88 Å². The lowest BCUT2D eigenvalue weighted by atomic mass is 9.82. The molecule has 2 N–H and O–H groups in total. The number of rotatable bonds is 5. The lowest BCUT2D eigenvalue weighted by Crippen LogP contribution is -2.48. The van der Waals surface area contributed by atoms with Crippen LogP contribution in [0.1, 0.15) is 39.0 Å². The summed E-state index contributed by atoms with van der Waals surface area (Å²) in [6.45, 7) is 2.38. The Morgan fingerprint density at radius 2 is 2.21 bits per heavy atom. The minimum atomic E-state index is -0.941. The summed E-state index contributed by atoms with van der Waals surface area (Å²) >= 11 is 0. The predicted molar refractivity (Wildman–Crippen MR) is 70.3 cm³/mol. The SMILES string of the molecule is CCOc1ccnc(NC2(C(=O)O)CCCCC2)n1. The number of carboxylic acid groups (broad SMARTS) is 1. The van der Waals surface area contributed by atoms with Crippen molar-refractivity contribution in [2.24, 2.45) is 0 Å². The summed E-state index contributed by atoms with van der Waals surface area (Å²) in [7, 11) is 0. The van der Waals surface area contributed by atoms with Crippen molar-refractivity contribution < 1.29 is 14.6 Å². The van der Waals surface area contributed by atoms with Gasteiger partial charge in [-0.2, -0.15) is 4.98 Å². The number of anilines is 1. The third kappa shape index (κ3) is 3.13. The molecule has 0 aliphatic heterocycles. The molecule has 2 rings (SSSR count). The molecule has 0 saturated heterocycles. The van der Waals surface area contributed by atoms with Gasteiger partial charge in [0.05, 0.1) is 6.61 Å². The fourth-order valence-electron chi connectivity index (χ4n) is 2.39. The van der Waals surface area contributed by atoms with Crippen LogP contribution in [-0.4, -0.2) is 33.2 Å². The summed E-state index contributed by atoms with van der Waals surface area (Å²) in [4.78, 5) is 19.8. The van der Waals surface area contributed by atoms with Gasteiger partial charge in [-0.25, -0.2) is 9.78 Å². The summed E-state index contributed by atoms with van der Waals surface area (Å²) < 4.78 is 5.29. The first kappa shape index (κ1) is 13.6. The molecular formula is C13H19N3O3. The van der Waals surface area contributed by atoms with Crippen molar-refractivity contribution >= 4 is 11.9 Å². The molecule has 1 aliphatic rings. The first-order chi connectivity index (χ1) is 9.16. The van der Waals surface area contributed by atoms with E-state index in [9.17, 15) is 9.90 Å². The molecule has 0 atom stereocenters. The number of aliphatic carboxylic acids is 1. The van der Waals surface area contributed by atoms with Gasteiger partial charge in [-0.05, 0) is 19.8 Å². The zero-order chi connectivity index (χ0) is 13.7. The predicted octanol–water partition coefficient (Wildman–Crippen LogP) is 2.07. The normalized spacial score (nSPS) is 17.7. The zero-order valence-corrected chi connectivity index (χ0v) is 11.1. The van der Waals surface area contributed by atoms with E-state index in [0.29, 0.717) is 31.3 Å². The summed E-state index contributed by atoms with van der Waals surface area (Å²) in [6, 6.07) is 1.66. The molecule has 6 nitrogen and oxygen atoms in total. The second kappa shape index (κ2) is 5.86. The van der Waals surface area contributed by atoms with Crippen molar-refractivity contribution in [3.05, 3.63) is 12.3 Å². The number of nitrogens with one attached hydrogen (secondary N) is 1. The maximum atomic E-state index is 11.5. The number of carboxylic acids is 1. The lowest BCUT2D eigenvalue weighted by molar-refractivity contribution is -0.143. The Bertz CT molecular complexity index is 445. The van der Waals surface area contributed by atoms with Crippen LogP contribution in [0.15, 0.2) is 12.3 Å². The molecule has 1 heterocycles. The second-order valence-corrected chi connectivity index (χ2v) is 4.72. The van der Waals surface area contributed by atoms with Crippen molar-refractivity contribution in [1.82, 2.24) is 9.97 Å². The average Bonchev–Trinajstić information content (AvgIpc) is 2.40. The van der Waals surface area contributed by atoms with Crippen LogP contribution in [0, 0.1) is 0 Å². The first-order valence-electron chi connectivity index (χ1n) is 6.64. The molecule has 0 radical (unpaired) electrons. The summed E-state index contributed by atoms with van der Waals surface area (Å²) in [6.07, 6.45) is 5.67. The Hall–Kier alpha value is -1.85. The van der Waals surface area contributed by atoms with Gasteiger partial charge in [-0.15, -0.1) is 0 Å². The van der Waals surface area contributed by atoms with Crippen molar-refractivity contribution in [2.75, 3.05) is 11.9 Å². The Kier molecular flexibility index (Phi) is 4.19. The van der Waals surface area contributed by atoms with Crippen LogP contribution < -0.4 is 10.1 Å². The van der Waals surface area contributed by atoms with Gasteiger partial charge < -0.3 is 15.2 Å². The summed E-state index contributed by atoms with van der Waals surface area (Å²) in [5, 5.41) is 12.5. The Balaban J connectivity index is 2.17. The van der Waals surface area contributed by atoms with Gasteiger partial charge in [0, 0.05) is 12.3 Å². The van der Waals surface area contributed by atoms with Crippen molar-refractivity contribution in [1.29, 1.82) is 0 Å². The van der Waals surface area contributed by atoms with Crippen molar-refractivity contribution in [3.63, 3.8) is 0 Å². The third-order valence-corrected chi connectivity index (χ3v) is 3.39. The van der Waals surface area contributed by atoms with E-state index in [-0.39, 0.29) is 0 Å². The molecule has 0 bridgehead atoms. The largest absolute Gasteiger partial charge is 0.480 e. The van der Waals surface area contributed by atoms with E-state index in [0.717, 1.165) is 19.3 Å². The highest BCUT2D eigenvalue weighted by atomic mass is 16.5. The van der Waals surface area contributed by atoms with Gasteiger partial charge >= 0.3 is 5.97 Å². The number of hydrogen-bond acceptors (Lipinski definition) is 5. The standard InChI is InChI=1S/C13H19N3O3/c1-2-19-10-6-9-14-12(15-10)16-13(11(17)18)7-4-3-5-8-13/h6,9H,2-5,7-8H2,1H3,(H,17,18)(H,14,15,16). The molecule has 1 aromatic rings. The fraction of sp³-hybridized carbons (Fsp3) is 0.615. The van der Waals surface area contributed by atoms with Crippen LogP contribution in [0.25, 0.3) is 0 Å². The Morgan fingerprint density at radius 3 is 2.84 bits per heavy atom. The van der Waals surface area contributed by atoms with Gasteiger partial charge in [0.2, 0.25) is 11.8 Å². The van der Waals surface area contributed by atoms with Crippen LogP contribution in [0.3, 0.4) is 0 Å².